The average Bonchev–Trinajstić information content (AvgIpc) is 2.70. The lowest BCUT2D eigenvalue weighted by molar-refractivity contribution is -0.131. The predicted molar refractivity (Wildman–Crippen MR) is 116 cm³/mol. The monoisotopic (exact) mass is 433 g/mol. The molecule has 0 aromatic heterocycles. The third-order valence-corrected chi connectivity index (χ3v) is 6.80. The number of rotatable bonds is 6. The molecule has 0 bridgehead atoms. The van der Waals surface area contributed by atoms with Crippen LogP contribution >= 0.6 is 0 Å². The fourth-order valence-electron chi connectivity index (χ4n) is 3.61. The maximum Gasteiger partial charge on any atom is 0.238 e. The molecule has 1 aliphatic heterocycles. The minimum Gasteiger partial charge on any atom is -0.368 e. The van der Waals surface area contributed by atoms with Crippen molar-refractivity contribution >= 4 is 21.6 Å². The zero-order valence-electron chi connectivity index (χ0n) is 17.6. The molecule has 3 rings (SSSR count). The average molecular weight is 434 g/mol. The molecule has 1 aliphatic rings. The lowest BCUT2D eigenvalue weighted by Gasteiger charge is -2.37. The second-order valence-corrected chi connectivity index (χ2v) is 9.73. The molecule has 1 fully saturated rings. The van der Waals surface area contributed by atoms with Gasteiger partial charge in [0.05, 0.1) is 12.8 Å². The standard InChI is InChI=1S/C22H28FN3O3S/c1-17-5-4-6-21(18(17)2)24-11-13-25(14-12-24)22(27)16-26(30(3,28)29)15-19-7-9-20(23)10-8-19/h4-10H,11-16H2,1-3H3. The van der Waals surface area contributed by atoms with Gasteiger partial charge in [-0.2, -0.15) is 4.31 Å². The summed E-state index contributed by atoms with van der Waals surface area (Å²) in [7, 11) is -3.59. The van der Waals surface area contributed by atoms with Crippen LogP contribution in [0.25, 0.3) is 0 Å². The Labute approximate surface area is 177 Å². The van der Waals surface area contributed by atoms with Crippen molar-refractivity contribution in [2.24, 2.45) is 0 Å². The van der Waals surface area contributed by atoms with Crippen LogP contribution in [0.15, 0.2) is 42.5 Å². The van der Waals surface area contributed by atoms with Crippen molar-refractivity contribution in [2.45, 2.75) is 20.4 Å². The van der Waals surface area contributed by atoms with E-state index < -0.39 is 10.0 Å². The van der Waals surface area contributed by atoms with Crippen LogP contribution in [-0.2, 0) is 21.4 Å². The Balaban J connectivity index is 1.63. The zero-order valence-corrected chi connectivity index (χ0v) is 18.5. The molecule has 0 unspecified atom stereocenters. The third kappa shape index (κ3) is 5.37. The van der Waals surface area contributed by atoms with Crippen molar-refractivity contribution in [2.75, 3.05) is 43.9 Å². The van der Waals surface area contributed by atoms with Gasteiger partial charge < -0.3 is 9.80 Å². The highest BCUT2D eigenvalue weighted by atomic mass is 32.2. The first-order valence-corrected chi connectivity index (χ1v) is 11.8. The molecule has 1 amide bonds. The van der Waals surface area contributed by atoms with E-state index in [9.17, 15) is 17.6 Å². The number of anilines is 1. The topological polar surface area (TPSA) is 60.9 Å². The predicted octanol–water partition coefficient (Wildman–Crippen LogP) is 2.55. The highest BCUT2D eigenvalue weighted by molar-refractivity contribution is 7.88. The van der Waals surface area contributed by atoms with Crippen LogP contribution in [0.3, 0.4) is 0 Å². The Morgan fingerprint density at radius 1 is 1.03 bits per heavy atom. The SMILES string of the molecule is Cc1cccc(N2CCN(C(=O)CN(Cc3ccc(F)cc3)S(C)(=O)=O)CC2)c1C. The Morgan fingerprint density at radius 2 is 1.67 bits per heavy atom. The molecule has 0 aliphatic carbocycles. The number of carbonyl (C=O) groups excluding carboxylic acids is 1. The number of amides is 1. The first-order chi connectivity index (χ1) is 14.1. The molecule has 0 saturated carbocycles. The van der Waals surface area contributed by atoms with Gasteiger partial charge in [-0.25, -0.2) is 12.8 Å². The van der Waals surface area contributed by atoms with E-state index in [1.165, 1.54) is 41.1 Å². The van der Waals surface area contributed by atoms with Crippen molar-refractivity contribution in [3.05, 3.63) is 65.0 Å². The number of aryl methyl sites for hydroxylation is 1. The molecule has 2 aromatic carbocycles. The fourth-order valence-corrected chi connectivity index (χ4v) is 4.34. The van der Waals surface area contributed by atoms with Gasteiger partial charge in [0.25, 0.3) is 0 Å². The second-order valence-electron chi connectivity index (χ2n) is 7.74. The largest absolute Gasteiger partial charge is 0.368 e. The lowest BCUT2D eigenvalue weighted by atomic mass is 10.1. The summed E-state index contributed by atoms with van der Waals surface area (Å²) >= 11 is 0. The van der Waals surface area contributed by atoms with E-state index in [0.29, 0.717) is 31.7 Å². The molecule has 0 radical (unpaired) electrons. The summed E-state index contributed by atoms with van der Waals surface area (Å²) in [5.74, 6) is -0.606. The first kappa shape index (κ1) is 22.2. The van der Waals surface area contributed by atoms with E-state index in [2.05, 4.69) is 30.9 Å². The van der Waals surface area contributed by atoms with E-state index in [1.54, 1.807) is 4.90 Å². The lowest BCUT2D eigenvalue weighted by Crippen LogP contribution is -2.51. The van der Waals surface area contributed by atoms with Crippen LogP contribution in [0.4, 0.5) is 10.1 Å². The minimum absolute atomic E-state index is 0.0350. The molecule has 162 valence electrons. The number of halogens is 1. The Hall–Kier alpha value is -2.45. The summed E-state index contributed by atoms with van der Waals surface area (Å²) in [5, 5.41) is 0. The fraction of sp³-hybridized carbons (Fsp3) is 0.409. The van der Waals surface area contributed by atoms with E-state index in [0.717, 1.165) is 10.6 Å². The van der Waals surface area contributed by atoms with Gasteiger partial charge in [0.1, 0.15) is 5.82 Å². The van der Waals surface area contributed by atoms with Gasteiger partial charge in [0, 0.05) is 38.4 Å². The molecule has 0 atom stereocenters. The number of hydrogen-bond donors (Lipinski definition) is 0. The molecule has 8 heteroatoms. The van der Waals surface area contributed by atoms with Gasteiger partial charge in [0.15, 0.2) is 0 Å². The number of nitrogens with zero attached hydrogens (tertiary/aromatic N) is 3. The highest BCUT2D eigenvalue weighted by Crippen LogP contribution is 2.24. The van der Waals surface area contributed by atoms with E-state index >= 15 is 0 Å². The first-order valence-electron chi connectivity index (χ1n) is 9.93. The van der Waals surface area contributed by atoms with Crippen LogP contribution in [0.1, 0.15) is 16.7 Å². The normalized spacial score (nSPS) is 15.0. The summed E-state index contributed by atoms with van der Waals surface area (Å²) in [6, 6.07) is 11.8. The minimum atomic E-state index is -3.59. The number of hydrogen-bond acceptors (Lipinski definition) is 4. The highest BCUT2D eigenvalue weighted by Gasteiger charge is 2.27. The number of piperazine rings is 1. The van der Waals surface area contributed by atoms with Crippen molar-refractivity contribution in [1.29, 1.82) is 0 Å². The van der Waals surface area contributed by atoms with Crippen molar-refractivity contribution in [3.8, 4) is 0 Å². The summed E-state index contributed by atoms with van der Waals surface area (Å²) < 4.78 is 38.7. The van der Waals surface area contributed by atoms with E-state index in [1.807, 2.05) is 6.07 Å². The van der Waals surface area contributed by atoms with Crippen LogP contribution in [0.2, 0.25) is 0 Å². The molecule has 0 N–H and O–H groups in total. The summed E-state index contributed by atoms with van der Waals surface area (Å²) in [4.78, 5) is 16.8. The van der Waals surface area contributed by atoms with Crippen molar-refractivity contribution in [3.63, 3.8) is 0 Å². The molecule has 30 heavy (non-hydrogen) atoms. The van der Waals surface area contributed by atoms with Gasteiger partial charge in [-0.1, -0.05) is 24.3 Å². The van der Waals surface area contributed by atoms with Crippen molar-refractivity contribution in [1.82, 2.24) is 9.21 Å². The van der Waals surface area contributed by atoms with Gasteiger partial charge in [-0.15, -0.1) is 0 Å². The zero-order chi connectivity index (χ0) is 21.9. The van der Waals surface area contributed by atoms with Crippen LogP contribution < -0.4 is 4.90 Å². The van der Waals surface area contributed by atoms with Gasteiger partial charge in [0.2, 0.25) is 15.9 Å². The van der Waals surface area contributed by atoms with Crippen molar-refractivity contribution < 1.29 is 17.6 Å². The Morgan fingerprint density at radius 3 is 2.27 bits per heavy atom. The number of carbonyl (C=O) groups is 1. The van der Waals surface area contributed by atoms with Crippen LogP contribution in [0, 0.1) is 19.7 Å². The molecule has 1 heterocycles. The van der Waals surface area contributed by atoms with Gasteiger partial charge in [-0.05, 0) is 48.7 Å². The Kier molecular flexibility index (Phi) is 6.77. The summed E-state index contributed by atoms with van der Waals surface area (Å²) in [5.41, 5.74) is 4.28. The molecule has 0 spiro atoms. The van der Waals surface area contributed by atoms with E-state index in [4.69, 9.17) is 0 Å². The quantitative estimate of drug-likeness (QED) is 0.703. The van der Waals surface area contributed by atoms with Crippen LogP contribution in [0.5, 0.6) is 0 Å². The molecule has 1 saturated heterocycles. The second kappa shape index (κ2) is 9.14. The maximum atomic E-state index is 13.1. The smallest absolute Gasteiger partial charge is 0.238 e. The molecule has 6 nitrogen and oxygen atoms in total. The molecular weight excluding hydrogens is 405 g/mol. The number of sulfonamides is 1. The molecular formula is C22H28FN3O3S. The maximum absolute atomic E-state index is 13.1. The molecule has 2 aromatic rings. The van der Waals surface area contributed by atoms with Gasteiger partial charge in [-0.3, -0.25) is 4.79 Å². The third-order valence-electron chi connectivity index (χ3n) is 5.60. The van der Waals surface area contributed by atoms with Gasteiger partial charge >= 0.3 is 0 Å². The number of benzene rings is 2. The Bertz CT molecular complexity index is 1000. The summed E-state index contributed by atoms with van der Waals surface area (Å²) in [6.45, 7) is 6.48. The van der Waals surface area contributed by atoms with E-state index in [-0.39, 0.29) is 24.8 Å². The van der Waals surface area contributed by atoms with Crippen LogP contribution in [-0.4, -0.2) is 62.5 Å². The summed E-state index contributed by atoms with van der Waals surface area (Å²) in [6.07, 6.45) is 1.09.